The van der Waals surface area contributed by atoms with Gasteiger partial charge in [0.25, 0.3) is 0 Å². The Morgan fingerprint density at radius 3 is 2.70 bits per heavy atom. The SMILES string of the molecule is O=C(CCCn1cc(Cl)cnc1=O)c1ccc(Br)cc1. The van der Waals surface area contributed by atoms with Gasteiger partial charge in [-0.2, -0.15) is 0 Å². The van der Waals surface area contributed by atoms with Gasteiger partial charge in [0.15, 0.2) is 5.78 Å². The summed E-state index contributed by atoms with van der Waals surface area (Å²) in [5.41, 5.74) is 0.315. The van der Waals surface area contributed by atoms with E-state index in [1.165, 1.54) is 17.0 Å². The molecule has 2 aromatic rings. The number of carbonyl (C=O) groups excluding carboxylic acids is 1. The number of nitrogens with zero attached hydrogens (tertiary/aromatic N) is 2. The first kappa shape index (κ1) is 14.9. The maximum absolute atomic E-state index is 12.0. The third-order valence-electron chi connectivity index (χ3n) is 2.79. The average molecular weight is 356 g/mol. The third kappa shape index (κ3) is 4.02. The Hall–Kier alpha value is -1.46. The highest BCUT2D eigenvalue weighted by Gasteiger charge is 2.06. The molecule has 0 saturated heterocycles. The number of halogens is 2. The molecule has 1 aromatic heterocycles. The lowest BCUT2D eigenvalue weighted by atomic mass is 10.1. The fourth-order valence-electron chi connectivity index (χ4n) is 1.78. The molecule has 20 heavy (non-hydrogen) atoms. The van der Waals surface area contributed by atoms with Gasteiger partial charge in [-0.3, -0.25) is 9.36 Å². The number of aromatic nitrogens is 2. The monoisotopic (exact) mass is 354 g/mol. The van der Waals surface area contributed by atoms with Crippen molar-refractivity contribution in [3.8, 4) is 0 Å². The minimum atomic E-state index is -0.356. The maximum atomic E-state index is 12.0. The molecule has 0 aliphatic carbocycles. The van der Waals surface area contributed by atoms with Gasteiger partial charge in [-0.05, 0) is 18.6 Å². The van der Waals surface area contributed by atoms with Crippen molar-refractivity contribution >= 4 is 33.3 Å². The molecule has 0 amide bonds. The van der Waals surface area contributed by atoms with Gasteiger partial charge in [-0.15, -0.1) is 0 Å². The Balaban J connectivity index is 1.92. The Bertz CT molecular complexity index is 668. The van der Waals surface area contributed by atoms with E-state index in [0.717, 1.165) is 4.47 Å². The number of ketones is 1. The maximum Gasteiger partial charge on any atom is 0.347 e. The van der Waals surface area contributed by atoms with Crippen molar-refractivity contribution < 1.29 is 4.79 Å². The minimum absolute atomic E-state index is 0.0561. The van der Waals surface area contributed by atoms with Crippen LogP contribution in [0, 0.1) is 0 Å². The van der Waals surface area contributed by atoms with Crippen LogP contribution in [0.15, 0.2) is 45.9 Å². The number of aryl methyl sites for hydroxylation is 1. The number of hydrogen-bond donors (Lipinski definition) is 0. The predicted molar refractivity (Wildman–Crippen MR) is 81.2 cm³/mol. The molecule has 0 unspecified atom stereocenters. The molecule has 0 aliphatic rings. The van der Waals surface area contributed by atoms with Crippen molar-refractivity contribution in [3.05, 3.63) is 62.2 Å². The number of hydrogen-bond acceptors (Lipinski definition) is 3. The minimum Gasteiger partial charge on any atom is -0.298 e. The van der Waals surface area contributed by atoms with Crippen LogP contribution in [0.5, 0.6) is 0 Å². The van der Waals surface area contributed by atoms with Crippen LogP contribution in [-0.2, 0) is 6.54 Å². The lowest BCUT2D eigenvalue weighted by Crippen LogP contribution is -2.22. The fraction of sp³-hybridized carbons (Fsp3) is 0.214. The van der Waals surface area contributed by atoms with Crippen molar-refractivity contribution in [2.24, 2.45) is 0 Å². The molecule has 0 spiro atoms. The van der Waals surface area contributed by atoms with Gasteiger partial charge in [0, 0.05) is 29.2 Å². The summed E-state index contributed by atoms with van der Waals surface area (Å²) in [6, 6.07) is 7.22. The van der Waals surface area contributed by atoms with Gasteiger partial charge in [-0.1, -0.05) is 39.7 Å². The Kier molecular flexibility index (Phi) is 5.09. The van der Waals surface area contributed by atoms with Crippen LogP contribution >= 0.6 is 27.5 Å². The summed E-state index contributed by atoms with van der Waals surface area (Å²) in [5, 5.41) is 0.406. The molecule has 6 heteroatoms. The van der Waals surface area contributed by atoms with Gasteiger partial charge in [-0.25, -0.2) is 9.78 Å². The molecule has 104 valence electrons. The second-order valence-electron chi connectivity index (χ2n) is 4.28. The normalized spacial score (nSPS) is 10.5. The van der Waals surface area contributed by atoms with E-state index in [9.17, 15) is 9.59 Å². The highest BCUT2D eigenvalue weighted by Crippen LogP contribution is 2.13. The molecule has 0 N–H and O–H groups in total. The summed E-state index contributed by atoms with van der Waals surface area (Å²) in [6.45, 7) is 0.425. The average Bonchev–Trinajstić information content (AvgIpc) is 2.43. The summed E-state index contributed by atoms with van der Waals surface area (Å²) >= 11 is 9.10. The molecule has 0 bridgehead atoms. The largest absolute Gasteiger partial charge is 0.347 e. The zero-order chi connectivity index (χ0) is 14.5. The van der Waals surface area contributed by atoms with Crippen molar-refractivity contribution in [2.75, 3.05) is 0 Å². The standard InChI is InChI=1S/C14H12BrClN2O2/c15-11-5-3-10(4-6-11)13(19)2-1-7-18-9-12(16)8-17-14(18)20/h3-6,8-9H,1-2,7H2. The summed E-state index contributed by atoms with van der Waals surface area (Å²) < 4.78 is 2.35. The smallest absolute Gasteiger partial charge is 0.298 e. The first-order valence-electron chi connectivity index (χ1n) is 6.07. The lowest BCUT2D eigenvalue weighted by molar-refractivity contribution is 0.0978. The summed E-state index contributed by atoms with van der Waals surface area (Å²) in [6.07, 6.45) is 3.78. The lowest BCUT2D eigenvalue weighted by Gasteiger charge is -2.05. The van der Waals surface area contributed by atoms with E-state index in [0.29, 0.717) is 30.0 Å². The van der Waals surface area contributed by atoms with Crippen molar-refractivity contribution in [1.82, 2.24) is 9.55 Å². The zero-order valence-electron chi connectivity index (χ0n) is 10.6. The van der Waals surface area contributed by atoms with Gasteiger partial charge in [0.1, 0.15) is 0 Å². The number of Topliss-reactive ketones (excluding diaryl/α,β-unsaturated/α-hetero) is 1. The second-order valence-corrected chi connectivity index (χ2v) is 5.63. The van der Waals surface area contributed by atoms with E-state index in [-0.39, 0.29) is 11.5 Å². The number of carbonyl (C=O) groups is 1. The third-order valence-corrected chi connectivity index (χ3v) is 3.52. The molecular weight excluding hydrogens is 344 g/mol. The molecule has 0 radical (unpaired) electrons. The first-order chi connectivity index (χ1) is 9.56. The van der Waals surface area contributed by atoms with Gasteiger partial charge in [0.05, 0.1) is 11.2 Å². The molecule has 1 heterocycles. The Labute approximate surface area is 129 Å². The first-order valence-corrected chi connectivity index (χ1v) is 7.24. The highest BCUT2D eigenvalue weighted by atomic mass is 79.9. The van der Waals surface area contributed by atoms with Crippen LogP contribution in [0.3, 0.4) is 0 Å². The zero-order valence-corrected chi connectivity index (χ0v) is 12.9. The van der Waals surface area contributed by atoms with Crippen LogP contribution in [0.2, 0.25) is 5.02 Å². The molecule has 4 nitrogen and oxygen atoms in total. The number of rotatable bonds is 5. The van der Waals surface area contributed by atoms with E-state index in [2.05, 4.69) is 20.9 Å². The molecule has 0 fully saturated rings. The van der Waals surface area contributed by atoms with Crippen LogP contribution in [0.4, 0.5) is 0 Å². The summed E-state index contributed by atoms with van der Waals surface area (Å²) in [4.78, 5) is 27.0. The second kappa shape index (κ2) is 6.81. The van der Waals surface area contributed by atoms with E-state index in [1.54, 1.807) is 12.1 Å². The molecular formula is C14H12BrClN2O2. The van der Waals surface area contributed by atoms with Gasteiger partial charge in [0.2, 0.25) is 0 Å². The topological polar surface area (TPSA) is 52.0 Å². The van der Waals surface area contributed by atoms with Crippen LogP contribution in [0.25, 0.3) is 0 Å². The highest BCUT2D eigenvalue weighted by molar-refractivity contribution is 9.10. The van der Waals surface area contributed by atoms with Crippen LogP contribution in [-0.4, -0.2) is 15.3 Å². The van der Waals surface area contributed by atoms with E-state index in [4.69, 9.17) is 11.6 Å². The molecule has 2 rings (SSSR count). The Morgan fingerprint density at radius 1 is 1.30 bits per heavy atom. The van der Waals surface area contributed by atoms with Gasteiger partial charge >= 0.3 is 5.69 Å². The van der Waals surface area contributed by atoms with E-state index < -0.39 is 0 Å². The van der Waals surface area contributed by atoms with Crippen LogP contribution in [0.1, 0.15) is 23.2 Å². The van der Waals surface area contributed by atoms with E-state index >= 15 is 0 Å². The van der Waals surface area contributed by atoms with Crippen molar-refractivity contribution in [2.45, 2.75) is 19.4 Å². The van der Waals surface area contributed by atoms with Crippen molar-refractivity contribution in [3.63, 3.8) is 0 Å². The molecule has 0 saturated carbocycles. The quantitative estimate of drug-likeness (QED) is 0.773. The number of benzene rings is 1. The summed E-state index contributed by atoms with van der Waals surface area (Å²) in [5.74, 6) is 0.0561. The van der Waals surface area contributed by atoms with E-state index in [1.807, 2.05) is 12.1 Å². The predicted octanol–water partition coefficient (Wildman–Crippen LogP) is 3.32. The van der Waals surface area contributed by atoms with Gasteiger partial charge < -0.3 is 0 Å². The van der Waals surface area contributed by atoms with Crippen molar-refractivity contribution in [1.29, 1.82) is 0 Å². The fourth-order valence-corrected chi connectivity index (χ4v) is 2.21. The molecule has 1 aromatic carbocycles. The van der Waals surface area contributed by atoms with Crippen LogP contribution < -0.4 is 5.69 Å². The summed E-state index contributed by atoms with van der Waals surface area (Å²) in [7, 11) is 0. The molecule has 0 aliphatic heterocycles. The molecule has 0 atom stereocenters. The Morgan fingerprint density at radius 2 is 2.00 bits per heavy atom.